The van der Waals surface area contributed by atoms with Crippen LogP contribution in [0.3, 0.4) is 0 Å². The fourth-order valence-corrected chi connectivity index (χ4v) is 2.50. The number of allylic oxidation sites excluding steroid dienone is 1. The molecule has 0 unspecified atom stereocenters. The number of rotatable bonds is 5. The summed E-state index contributed by atoms with van der Waals surface area (Å²) in [5, 5.41) is 18.5. The second-order valence-corrected chi connectivity index (χ2v) is 5.32. The average Bonchev–Trinajstić information content (AvgIpc) is 2.79. The number of carboxylic acids is 1. The van der Waals surface area contributed by atoms with Crippen molar-refractivity contribution in [2.45, 2.75) is 11.7 Å². The van der Waals surface area contributed by atoms with Crippen LogP contribution in [0.2, 0.25) is 0 Å². The minimum Gasteiger partial charge on any atom is -0.481 e. The van der Waals surface area contributed by atoms with Crippen LogP contribution in [-0.4, -0.2) is 33.6 Å². The molecule has 0 aliphatic carbocycles. The van der Waals surface area contributed by atoms with Gasteiger partial charge in [-0.2, -0.15) is 5.10 Å². The number of amides is 1. The Hall–Kier alpha value is -2.41. The fourth-order valence-electron chi connectivity index (χ4n) is 1.59. The number of carbonyl (C=O) groups is 2. The highest BCUT2D eigenvalue weighted by molar-refractivity contribution is 8.15. The van der Waals surface area contributed by atoms with E-state index in [-0.39, 0.29) is 12.3 Å². The number of nitrogens with zero attached hydrogens (tertiary/aromatic N) is 2. The highest BCUT2D eigenvalue weighted by atomic mass is 32.2. The van der Waals surface area contributed by atoms with Gasteiger partial charge in [-0.1, -0.05) is 48.2 Å². The van der Waals surface area contributed by atoms with Gasteiger partial charge < -0.3 is 10.4 Å². The van der Waals surface area contributed by atoms with Crippen molar-refractivity contribution in [3.63, 3.8) is 0 Å². The van der Waals surface area contributed by atoms with E-state index in [2.05, 4.69) is 15.5 Å². The zero-order valence-electron chi connectivity index (χ0n) is 11.0. The molecular formula is C14H13N3O3S. The maximum Gasteiger partial charge on any atom is 0.305 e. The largest absolute Gasteiger partial charge is 0.481 e. The number of thioether (sulfide) groups is 1. The Morgan fingerprint density at radius 1 is 1.38 bits per heavy atom. The van der Waals surface area contributed by atoms with E-state index in [1.54, 1.807) is 6.08 Å². The molecule has 0 saturated carbocycles. The van der Waals surface area contributed by atoms with E-state index in [4.69, 9.17) is 5.11 Å². The second kappa shape index (κ2) is 7.39. The van der Waals surface area contributed by atoms with Crippen molar-refractivity contribution in [3.8, 4) is 0 Å². The molecule has 2 rings (SSSR count). The predicted octanol–water partition coefficient (Wildman–Crippen LogP) is 1.75. The van der Waals surface area contributed by atoms with E-state index in [9.17, 15) is 9.59 Å². The molecule has 1 aliphatic heterocycles. The third kappa shape index (κ3) is 4.88. The van der Waals surface area contributed by atoms with Gasteiger partial charge in [0.05, 0.1) is 6.42 Å². The van der Waals surface area contributed by atoms with Crippen LogP contribution >= 0.6 is 11.8 Å². The lowest BCUT2D eigenvalue weighted by Gasteiger charge is -1.97. The quantitative estimate of drug-likeness (QED) is 0.640. The molecule has 0 bridgehead atoms. The van der Waals surface area contributed by atoms with E-state index < -0.39 is 11.2 Å². The maximum atomic E-state index is 11.5. The highest BCUT2D eigenvalue weighted by Crippen LogP contribution is 2.22. The Morgan fingerprint density at radius 3 is 2.86 bits per heavy atom. The number of hydrogen-bond acceptors (Lipinski definition) is 5. The van der Waals surface area contributed by atoms with Gasteiger partial charge in [0.2, 0.25) is 5.91 Å². The highest BCUT2D eigenvalue weighted by Gasteiger charge is 2.32. The van der Waals surface area contributed by atoms with Crippen LogP contribution in [0.4, 0.5) is 0 Å². The monoisotopic (exact) mass is 303 g/mol. The van der Waals surface area contributed by atoms with E-state index in [0.717, 1.165) is 17.3 Å². The smallest absolute Gasteiger partial charge is 0.305 e. The summed E-state index contributed by atoms with van der Waals surface area (Å²) in [5.74, 6) is -1.37. The van der Waals surface area contributed by atoms with Crippen molar-refractivity contribution < 1.29 is 14.7 Å². The molecule has 1 atom stereocenters. The van der Waals surface area contributed by atoms with E-state index >= 15 is 0 Å². The van der Waals surface area contributed by atoms with Crippen molar-refractivity contribution in [1.82, 2.24) is 5.32 Å². The molecule has 1 fully saturated rings. The molecule has 1 saturated heterocycles. The fraction of sp³-hybridized carbons (Fsp3) is 0.143. The van der Waals surface area contributed by atoms with Gasteiger partial charge in [0.1, 0.15) is 5.25 Å². The number of aliphatic carboxylic acids is 1. The number of benzene rings is 1. The van der Waals surface area contributed by atoms with Gasteiger partial charge in [0.25, 0.3) is 0 Å². The molecule has 1 heterocycles. The molecule has 108 valence electrons. The van der Waals surface area contributed by atoms with Gasteiger partial charge in [-0.25, -0.2) is 0 Å². The molecule has 1 aromatic rings. The number of nitrogens with one attached hydrogen (secondary N) is 1. The molecular weight excluding hydrogens is 290 g/mol. The first-order valence-electron chi connectivity index (χ1n) is 6.17. The maximum absolute atomic E-state index is 11.5. The Bertz CT molecular complexity index is 611. The van der Waals surface area contributed by atoms with Gasteiger partial charge in [0.15, 0.2) is 5.17 Å². The first kappa shape index (κ1) is 15.0. The lowest BCUT2D eigenvalue weighted by molar-refractivity contribution is -0.138. The number of hydrogen-bond donors (Lipinski definition) is 2. The lowest BCUT2D eigenvalue weighted by atomic mass is 10.2. The number of carboxylic acid groups (broad SMARTS) is 1. The predicted molar refractivity (Wildman–Crippen MR) is 83.2 cm³/mol. The average molecular weight is 303 g/mol. The van der Waals surface area contributed by atoms with Gasteiger partial charge in [-0.15, -0.1) is 5.10 Å². The van der Waals surface area contributed by atoms with Gasteiger partial charge in [0, 0.05) is 6.21 Å². The third-order valence-corrected chi connectivity index (χ3v) is 3.60. The Balaban J connectivity index is 1.87. The van der Waals surface area contributed by atoms with E-state index in [1.165, 1.54) is 6.21 Å². The van der Waals surface area contributed by atoms with Crippen LogP contribution in [-0.2, 0) is 9.59 Å². The van der Waals surface area contributed by atoms with Crippen LogP contribution < -0.4 is 5.32 Å². The molecule has 1 amide bonds. The molecule has 1 aromatic carbocycles. The Morgan fingerprint density at radius 2 is 2.14 bits per heavy atom. The molecule has 0 radical (unpaired) electrons. The SMILES string of the molecule is O=C(O)C[C@@H]1SC(=NN=C/C=C\c2ccccc2)NC1=O. The Kier molecular flexibility index (Phi) is 5.28. The minimum atomic E-state index is -1.02. The standard InChI is InChI=1S/C14H13N3O3S/c18-12(19)9-11-13(20)16-14(21-11)17-15-8-4-7-10-5-2-1-3-6-10/h1-8,11H,9H2,(H,18,19)(H,16,17,20)/b7-4-,15-8?/t11-/m0/s1. The summed E-state index contributed by atoms with van der Waals surface area (Å²) in [6, 6.07) is 9.72. The Labute approximate surface area is 125 Å². The summed E-state index contributed by atoms with van der Waals surface area (Å²) >= 11 is 1.07. The molecule has 2 N–H and O–H groups in total. The third-order valence-electron chi connectivity index (χ3n) is 2.53. The van der Waals surface area contributed by atoms with Crippen LogP contribution in [0.15, 0.2) is 46.6 Å². The summed E-state index contributed by atoms with van der Waals surface area (Å²) < 4.78 is 0. The zero-order chi connectivity index (χ0) is 15.1. The van der Waals surface area contributed by atoms with E-state index in [1.807, 2.05) is 36.4 Å². The summed E-state index contributed by atoms with van der Waals surface area (Å²) in [6.45, 7) is 0. The molecule has 0 aromatic heterocycles. The van der Waals surface area contributed by atoms with Crippen LogP contribution in [0, 0.1) is 0 Å². The topological polar surface area (TPSA) is 91.1 Å². The first-order chi connectivity index (χ1) is 10.1. The van der Waals surface area contributed by atoms with Crippen LogP contribution in [0.5, 0.6) is 0 Å². The summed E-state index contributed by atoms with van der Waals surface area (Å²) in [4.78, 5) is 22.0. The molecule has 0 spiro atoms. The second-order valence-electron chi connectivity index (χ2n) is 4.13. The van der Waals surface area contributed by atoms with Crippen molar-refractivity contribution >= 4 is 41.1 Å². The van der Waals surface area contributed by atoms with Crippen molar-refractivity contribution in [3.05, 3.63) is 42.0 Å². The summed E-state index contributed by atoms with van der Waals surface area (Å²) in [6.07, 6.45) is 4.87. The van der Waals surface area contributed by atoms with Crippen LogP contribution in [0.1, 0.15) is 12.0 Å². The molecule has 1 aliphatic rings. The van der Waals surface area contributed by atoms with Crippen LogP contribution in [0.25, 0.3) is 6.08 Å². The summed E-state index contributed by atoms with van der Waals surface area (Å²) in [5.41, 5.74) is 1.04. The van der Waals surface area contributed by atoms with Crippen molar-refractivity contribution in [1.29, 1.82) is 0 Å². The minimum absolute atomic E-state index is 0.229. The number of amidine groups is 1. The molecule has 21 heavy (non-hydrogen) atoms. The van der Waals surface area contributed by atoms with Crippen molar-refractivity contribution in [2.75, 3.05) is 0 Å². The zero-order valence-corrected chi connectivity index (χ0v) is 11.8. The molecule has 7 heteroatoms. The lowest BCUT2D eigenvalue weighted by Crippen LogP contribution is -2.26. The van der Waals surface area contributed by atoms with Gasteiger partial charge >= 0.3 is 5.97 Å². The van der Waals surface area contributed by atoms with E-state index in [0.29, 0.717) is 5.17 Å². The van der Waals surface area contributed by atoms with Gasteiger partial charge in [-0.3, -0.25) is 9.59 Å². The van der Waals surface area contributed by atoms with Crippen molar-refractivity contribution in [2.24, 2.45) is 10.2 Å². The normalized spacial score (nSPS) is 20.5. The molecule has 6 nitrogen and oxygen atoms in total. The number of carbonyl (C=O) groups excluding carboxylic acids is 1. The van der Waals surface area contributed by atoms with Gasteiger partial charge in [-0.05, 0) is 11.6 Å². The summed E-state index contributed by atoms with van der Waals surface area (Å²) in [7, 11) is 0. The first-order valence-corrected chi connectivity index (χ1v) is 7.05.